The van der Waals surface area contributed by atoms with Crippen molar-refractivity contribution in [2.75, 3.05) is 26.2 Å². The lowest BCUT2D eigenvalue weighted by Gasteiger charge is -2.33. The van der Waals surface area contributed by atoms with Gasteiger partial charge in [0.05, 0.1) is 15.6 Å². The molecule has 7 heteroatoms. The molecule has 0 aliphatic carbocycles. The van der Waals surface area contributed by atoms with E-state index < -0.39 is 10.0 Å². The first-order valence-corrected chi connectivity index (χ1v) is 10.9. The molecule has 0 saturated carbocycles. The van der Waals surface area contributed by atoms with Gasteiger partial charge in [-0.25, -0.2) is 13.4 Å². The van der Waals surface area contributed by atoms with Crippen LogP contribution in [0.4, 0.5) is 0 Å². The maximum Gasteiger partial charge on any atom is 0.243 e. The summed E-state index contributed by atoms with van der Waals surface area (Å²) in [7, 11) is -3.42. The zero-order valence-electron chi connectivity index (χ0n) is 15.0. The highest BCUT2D eigenvalue weighted by Gasteiger charge is 2.29. The van der Waals surface area contributed by atoms with E-state index in [1.165, 1.54) is 0 Å². The van der Waals surface area contributed by atoms with Gasteiger partial charge in [0.2, 0.25) is 10.0 Å². The molecule has 3 rings (SSSR count). The SMILES string of the molecule is CCc1nc(CN2CCN(S(=O)(=O)c3cc(C)ccc3C)CC2)cs1. The van der Waals surface area contributed by atoms with Gasteiger partial charge in [0.25, 0.3) is 0 Å². The molecule has 1 fully saturated rings. The molecule has 0 spiro atoms. The maximum atomic E-state index is 13.0. The second-order valence-electron chi connectivity index (χ2n) is 6.54. The van der Waals surface area contributed by atoms with Gasteiger partial charge in [-0.15, -0.1) is 11.3 Å². The second kappa shape index (κ2) is 7.53. The van der Waals surface area contributed by atoms with E-state index in [4.69, 9.17) is 0 Å². The van der Waals surface area contributed by atoms with Crippen LogP contribution in [0.1, 0.15) is 28.8 Å². The minimum atomic E-state index is -3.42. The molecule has 1 saturated heterocycles. The van der Waals surface area contributed by atoms with E-state index >= 15 is 0 Å². The smallest absolute Gasteiger partial charge is 0.243 e. The van der Waals surface area contributed by atoms with E-state index in [0.717, 1.165) is 47.9 Å². The molecule has 0 bridgehead atoms. The summed E-state index contributed by atoms with van der Waals surface area (Å²) in [5.41, 5.74) is 2.87. The average molecular weight is 380 g/mol. The van der Waals surface area contributed by atoms with Crippen LogP contribution in [0, 0.1) is 13.8 Å². The highest BCUT2D eigenvalue weighted by molar-refractivity contribution is 7.89. The molecule has 1 aliphatic rings. The van der Waals surface area contributed by atoms with E-state index in [9.17, 15) is 8.42 Å². The summed E-state index contributed by atoms with van der Waals surface area (Å²) in [6.07, 6.45) is 0.965. The monoisotopic (exact) mass is 379 g/mol. The topological polar surface area (TPSA) is 53.5 Å². The molecule has 1 aromatic heterocycles. The van der Waals surface area contributed by atoms with Gasteiger partial charge < -0.3 is 0 Å². The fourth-order valence-electron chi connectivity index (χ4n) is 3.07. The quantitative estimate of drug-likeness (QED) is 0.802. The fourth-order valence-corrected chi connectivity index (χ4v) is 5.53. The lowest BCUT2D eigenvalue weighted by atomic mass is 10.2. The van der Waals surface area contributed by atoms with Crippen LogP contribution in [0.2, 0.25) is 0 Å². The third-order valence-electron chi connectivity index (χ3n) is 4.58. The molecular weight excluding hydrogens is 354 g/mol. The van der Waals surface area contributed by atoms with Crippen LogP contribution in [-0.2, 0) is 23.0 Å². The van der Waals surface area contributed by atoms with Crippen molar-refractivity contribution in [1.82, 2.24) is 14.2 Å². The Hall–Kier alpha value is -1.28. The van der Waals surface area contributed by atoms with Crippen LogP contribution < -0.4 is 0 Å². The van der Waals surface area contributed by atoms with Crippen molar-refractivity contribution in [1.29, 1.82) is 0 Å². The number of nitrogens with zero attached hydrogens (tertiary/aromatic N) is 3. The number of thiazole rings is 1. The number of aromatic nitrogens is 1. The van der Waals surface area contributed by atoms with Crippen LogP contribution >= 0.6 is 11.3 Å². The predicted molar refractivity (Wildman–Crippen MR) is 101 cm³/mol. The van der Waals surface area contributed by atoms with E-state index in [1.54, 1.807) is 21.7 Å². The lowest BCUT2D eigenvalue weighted by Crippen LogP contribution is -2.48. The van der Waals surface area contributed by atoms with Gasteiger partial charge in [0.15, 0.2) is 0 Å². The van der Waals surface area contributed by atoms with Crippen LogP contribution in [0.25, 0.3) is 0 Å². The molecule has 0 amide bonds. The number of rotatable bonds is 5. The summed E-state index contributed by atoms with van der Waals surface area (Å²) in [6, 6.07) is 5.61. The minimum absolute atomic E-state index is 0.438. The highest BCUT2D eigenvalue weighted by Crippen LogP contribution is 2.23. The van der Waals surface area contributed by atoms with Gasteiger partial charge >= 0.3 is 0 Å². The molecule has 0 N–H and O–H groups in total. The van der Waals surface area contributed by atoms with Crippen molar-refractivity contribution in [3.05, 3.63) is 45.4 Å². The first-order valence-electron chi connectivity index (χ1n) is 8.63. The third-order valence-corrected chi connectivity index (χ3v) is 7.66. The van der Waals surface area contributed by atoms with Crippen molar-refractivity contribution in [3.8, 4) is 0 Å². The Morgan fingerprint density at radius 1 is 1.16 bits per heavy atom. The van der Waals surface area contributed by atoms with Crippen LogP contribution in [0.15, 0.2) is 28.5 Å². The van der Waals surface area contributed by atoms with Gasteiger partial charge in [-0.3, -0.25) is 4.90 Å². The molecule has 1 aliphatic heterocycles. The average Bonchev–Trinajstić information content (AvgIpc) is 3.05. The summed E-state index contributed by atoms with van der Waals surface area (Å²) < 4.78 is 27.5. The van der Waals surface area contributed by atoms with E-state index in [2.05, 4.69) is 22.2 Å². The molecule has 0 atom stereocenters. The number of sulfonamides is 1. The molecule has 2 aromatic rings. The van der Waals surface area contributed by atoms with Crippen LogP contribution in [0.5, 0.6) is 0 Å². The van der Waals surface area contributed by atoms with Crippen molar-refractivity contribution < 1.29 is 8.42 Å². The van der Waals surface area contributed by atoms with Gasteiger partial charge in [0, 0.05) is 38.1 Å². The molecule has 0 radical (unpaired) electrons. The van der Waals surface area contributed by atoms with Crippen molar-refractivity contribution in [3.63, 3.8) is 0 Å². The zero-order valence-corrected chi connectivity index (χ0v) is 16.7. The minimum Gasteiger partial charge on any atom is -0.295 e. The van der Waals surface area contributed by atoms with Crippen molar-refractivity contribution >= 4 is 21.4 Å². The van der Waals surface area contributed by atoms with E-state index in [-0.39, 0.29) is 0 Å². The van der Waals surface area contributed by atoms with Gasteiger partial charge in [0.1, 0.15) is 0 Å². The maximum absolute atomic E-state index is 13.0. The standard InChI is InChI=1S/C18H25N3O2S2/c1-4-18-19-16(13-24-18)12-20-7-9-21(10-8-20)25(22,23)17-11-14(2)5-6-15(17)3/h5-6,11,13H,4,7-10,12H2,1-3H3. The largest absolute Gasteiger partial charge is 0.295 e. The summed E-state index contributed by atoms with van der Waals surface area (Å²) >= 11 is 1.70. The molecule has 2 heterocycles. The first kappa shape index (κ1) is 18.5. The van der Waals surface area contributed by atoms with Gasteiger partial charge in [-0.2, -0.15) is 4.31 Å². The Balaban J connectivity index is 1.66. The van der Waals surface area contributed by atoms with Gasteiger partial charge in [-0.1, -0.05) is 19.1 Å². The van der Waals surface area contributed by atoms with E-state index in [0.29, 0.717) is 18.0 Å². The molecule has 0 unspecified atom stereocenters. The predicted octanol–water partition coefficient (Wildman–Crippen LogP) is 2.83. The molecule has 5 nitrogen and oxygen atoms in total. The Kier molecular flexibility index (Phi) is 5.58. The summed E-state index contributed by atoms with van der Waals surface area (Å²) in [5, 5.41) is 3.27. The molecular formula is C18H25N3O2S2. The number of benzene rings is 1. The third kappa shape index (κ3) is 4.11. The Morgan fingerprint density at radius 3 is 2.52 bits per heavy atom. The fraction of sp³-hybridized carbons (Fsp3) is 0.500. The number of piperazine rings is 1. The lowest BCUT2D eigenvalue weighted by molar-refractivity contribution is 0.180. The number of hydrogen-bond donors (Lipinski definition) is 0. The second-order valence-corrected chi connectivity index (χ2v) is 9.38. The van der Waals surface area contributed by atoms with Gasteiger partial charge in [-0.05, 0) is 37.5 Å². The Labute approximate surface area is 154 Å². The summed E-state index contributed by atoms with van der Waals surface area (Å²) in [4.78, 5) is 7.32. The van der Waals surface area contributed by atoms with Crippen molar-refractivity contribution in [2.45, 2.75) is 38.6 Å². The van der Waals surface area contributed by atoms with Crippen LogP contribution in [-0.4, -0.2) is 48.8 Å². The molecule has 25 heavy (non-hydrogen) atoms. The summed E-state index contributed by atoms with van der Waals surface area (Å²) in [5.74, 6) is 0. The summed E-state index contributed by atoms with van der Waals surface area (Å²) in [6.45, 7) is 9.23. The first-order chi connectivity index (χ1) is 11.9. The molecule has 136 valence electrons. The Bertz CT molecular complexity index is 838. The normalized spacial score (nSPS) is 17.1. The van der Waals surface area contributed by atoms with E-state index in [1.807, 2.05) is 26.0 Å². The van der Waals surface area contributed by atoms with Crippen molar-refractivity contribution in [2.24, 2.45) is 0 Å². The number of aryl methyl sites for hydroxylation is 3. The highest BCUT2D eigenvalue weighted by atomic mass is 32.2. The number of hydrogen-bond acceptors (Lipinski definition) is 5. The molecule has 1 aromatic carbocycles. The van der Waals surface area contributed by atoms with Crippen LogP contribution in [0.3, 0.4) is 0 Å². The zero-order chi connectivity index (χ0) is 18.0. The Morgan fingerprint density at radius 2 is 1.88 bits per heavy atom.